The third-order valence-corrected chi connectivity index (χ3v) is 6.59. The summed E-state index contributed by atoms with van der Waals surface area (Å²) < 4.78 is 5.50. The van der Waals surface area contributed by atoms with Crippen LogP contribution in [0.1, 0.15) is 57.2 Å². The van der Waals surface area contributed by atoms with Crippen LogP contribution in [0.15, 0.2) is 42.9 Å². The van der Waals surface area contributed by atoms with Gasteiger partial charge >= 0.3 is 6.09 Å². The van der Waals surface area contributed by atoms with Gasteiger partial charge < -0.3 is 30.4 Å². The maximum absolute atomic E-state index is 13.9. The van der Waals surface area contributed by atoms with Crippen molar-refractivity contribution >= 4 is 28.9 Å². The second-order valence-corrected chi connectivity index (χ2v) is 10.4. The average Bonchev–Trinajstić information content (AvgIpc) is 3.37. The van der Waals surface area contributed by atoms with E-state index in [0.29, 0.717) is 31.5 Å². The van der Waals surface area contributed by atoms with Crippen LogP contribution in [0.25, 0.3) is 11.0 Å². The molecule has 1 saturated heterocycles. The molecule has 4 rings (SSSR count). The third-order valence-electron chi connectivity index (χ3n) is 6.59. The third kappa shape index (κ3) is 6.03. The summed E-state index contributed by atoms with van der Waals surface area (Å²) >= 11 is 0. The summed E-state index contributed by atoms with van der Waals surface area (Å²) in [5.41, 5.74) is 0.0200. The molecule has 38 heavy (non-hydrogen) atoms. The maximum Gasteiger partial charge on any atom is 0.408 e. The molecule has 200 valence electrons. The smallest absolute Gasteiger partial charge is 0.408 e. The lowest BCUT2D eigenvalue weighted by atomic mass is 9.85. The van der Waals surface area contributed by atoms with E-state index in [-0.39, 0.29) is 18.9 Å². The highest BCUT2D eigenvalue weighted by Crippen LogP contribution is 2.31. The van der Waals surface area contributed by atoms with Gasteiger partial charge in [0.2, 0.25) is 5.91 Å². The quantitative estimate of drug-likeness (QED) is 0.371. The van der Waals surface area contributed by atoms with Crippen molar-refractivity contribution in [3.63, 3.8) is 0 Å². The Bertz CT molecular complexity index is 1320. The zero-order chi connectivity index (χ0) is 27.3. The Morgan fingerprint density at radius 1 is 1.21 bits per heavy atom. The van der Waals surface area contributed by atoms with Gasteiger partial charge in [-0.3, -0.25) is 4.79 Å². The van der Waals surface area contributed by atoms with E-state index in [1.54, 1.807) is 51.2 Å². The molecule has 3 aromatic rings. The summed E-state index contributed by atoms with van der Waals surface area (Å²) in [6, 6.07) is 10.3. The van der Waals surface area contributed by atoms with Crippen LogP contribution in [0.3, 0.4) is 0 Å². The van der Waals surface area contributed by atoms with E-state index in [2.05, 4.69) is 36.6 Å². The van der Waals surface area contributed by atoms with Gasteiger partial charge in [-0.15, -0.1) is 0 Å². The normalized spacial score (nSPS) is 15.9. The highest BCUT2D eigenvalue weighted by Gasteiger charge is 2.44. The van der Waals surface area contributed by atoms with Crippen LogP contribution >= 0.6 is 0 Å². The predicted octanol–water partition coefficient (Wildman–Crippen LogP) is 2.93. The van der Waals surface area contributed by atoms with Crippen molar-refractivity contribution in [1.29, 1.82) is 5.26 Å². The van der Waals surface area contributed by atoms with Gasteiger partial charge in [-0.1, -0.05) is 12.1 Å². The number of benzene rings is 1. The van der Waals surface area contributed by atoms with Crippen LogP contribution in [-0.2, 0) is 9.53 Å². The van der Waals surface area contributed by atoms with Gasteiger partial charge in [-0.2, -0.15) is 5.26 Å². The van der Waals surface area contributed by atoms with Gasteiger partial charge in [0.15, 0.2) is 0 Å². The first-order valence-electron chi connectivity index (χ1n) is 12.6. The number of anilines is 1. The van der Waals surface area contributed by atoms with E-state index in [9.17, 15) is 14.7 Å². The molecule has 2 aromatic heterocycles. The van der Waals surface area contributed by atoms with E-state index in [0.717, 1.165) is 22.4 Å². The first-order valence-corrected chi connectivity index (χ1v) is 12.6. The zero-order valence-electron chi connectivity index (χ0n) is 21.8. The number of aliphatic hydroxyl groups excluding tert-OH is 1. The summed E-state index contributed by atoms with van der Waals surface area (Å²) in [4.78, 5) is 40.6. The fourth-order valence-corrected chi connectivity index (χ4v) is 4.66. The number of rotatable bonds is 7. The summed E-state index contributed by atoms with van der Waals surface area (Å²) in [6.45, 7) is 6.07. The van der Waals surface area contributed by atoms with Gasteiger partial charge in [0.1, 0.15) is 28.9 Å². The fourth-order valence-electron chi connectivity index (χ4n) is 4.66. The van der Waals surface area contributed by atoms with Gasteiger partial charge in [0, 0.05) is 25.9 Å². The Morgan fingerprint density at radius 2 is 1.92 bits per heavy atom. The summed E-state index contributed by atoms with van der Waals surface area (Å²) in [7, 11) is 0. The standard InChI is InChI=1S/C27H33N7O4/c1-26(2,3)38-25(37)33-27(24(36)32-21(9-15-35)19-6-4-18(16-28)5-7-19)10-13-34(14-11-27)23-20-8-12-29-22(20)30-17-31-23/h4-8,12,17,21,35H,9-11,13-15H2,1-3H3,(H,32,36)(H,33,37)(H,29,30,31). The van der Waals surface area contributed by atoms with Crippen LogP contribution in [0.4, 0.5) is 10.6 Å². The van der Waals surface area contributed by atoms with E-state index < -0.39 is 23.3 Å². The minimum atomic E-state index is -1.23. The number of hydrogen-bond donors (Lipinski definition) is 4. The highest BCUT2D eigenvalue weighted by atomic mass is 16.6. The Morgan fingerprint density at radius 3 is 2.55 bits per heavy atom. The van der Waals surface area contributed by atoms with Crippen LogP contribution in [0.2, 0.25) is 0 Å². The van der Waals surface area contributed by atoms with Crippen molar-refractivity contribution in [2.45, 2.75) is 57.2 Å². The van der Waals surface area contributed by atoms with Gasteiger partial charge in [0.25, 0.3) is 0 Å². The summed E-state index contributed by atoms with van der Waals surface area (Å²) in [5.74, 6) is 0.401. The van der Waals surface area contributed by atoms with Crippen molar-refractivity contribution in [3.05, 3.63) is 54.0 Å². The lowest BCUT2D eigenvalue weighted by Gasteiger charge is -2.42. The molecule has 1 aromatic carbocycles. The SMILES string of the molecule is CC(C)(C)OC(=O)NC1(C(=O)NC(CCO)c2ccc(C#N)cc2)CCN(c2ncnc3[nH]ccc23)CC1. The number of nitriles is 1. The van der Waals surface area contributed by atoms with E-state index >= 15 is 0 Å². The lowest BCUT2D eigenvalue weighted by Crippen LogP contribution is -2.64. The number of nitrogens with one attached hydrogen (secondary N) is 3. The van der Waals surface area contributed by atoms with Crippen LogP contribution in [0.5, 0.6) is 0 Å². The second kappa shape index (κ2) is 11.1. The number of hydrogen-bond acceptors (Lipinski definition) is 8. The maximum atomic E-state index is 13.9. The molecule has 4 N–H and O–H groups in total. The molecule has 0 aliphatic carbocycles. The number of aromatic amines is 1. The van der Waals surface area contributed by atoms with Gasteiger partial charge in [0.05, 0.1) is 23.1 Å². The molecule has 1 aliphatic rings. The first kappa shape index (κ1) is 26.9. The number of alkyl carbamates (subject to hydrolysis) is 1. The molecule has 0 saturated carbocycles. The van der Waals surface area contributed by atoms with Crippen molar-refractivity contribution in [2.75, 3.05) is 24.6 Å². The molecule has 11 heteroatoms. The topological polar surface area (TPSA) is 156 Å². The van der Waals surface area contributed by atoms with Crippen molar-refractivity contribution in [1.82, 2.24) is 25.6 Å². The summed E-state index contributed by atoms with van der Waals surface area (Å²) in [6.07, 6.45) is 3.53. The minimum Gasteiger partial charge on any atom is -0.444 e. The Balaban J connectivity index is 1.57. The largest absolute Gasteiger partial charge is 0.444 e. The average molecular weight is 520 g/mol. The predicted molar refractivity (Wildman–Crippen MR) is 141 cm³/mol. The molecule has 11 nitrogen and oxygen atoms in total. The molecule has 1 atom stereocenters. The number of ether oxygens (including phenoxy) is 1. The molecular formula is C27H33N7O4. The fraction of sp³-hybridized carbons (Fsp3) is 0.444. The van der Waals surface area contributed by atoms with E-state index in [1.807, 2.05) is 6.07 Å². The van der Waals surface area contributed by atoms with Crippen molar-refractivity contribution in [2.24, 2.45) is 0 Å². The summed E-state index contributed by atoms with van der Waals surface area (Å²) in [5, 5.41) is 25.6. The number of fused-ring (bicyclic) bond motifs is 1. The van der Waals surface area contributed by atoms with Crippen LogP contribution in [-0.4, -0.2) is 62.9 Å². The molecule has 0 radical (unpaired) electrons. The van der Waals surface area contributed by atoms with Crippen LogP contribution in [0, 0.1) is 11.3 Å². The number of H-pyrrole nitrogens is 1. The van der Waals surface area contributed by atoms with Gasteiger partial charge in [-0.05, 0) is 63.8 Å². The Labute approximate surface area is 221 Å². The second-order valence-electron chi connectivity index (χ2n) is 10.4. The highest BCUT2D eigenvalue weighted by molar-refractivity contribution is 5.91. The minimum absolute atomic E-state index is 0.147. The number of nitrogens with zero attached hydrogens (tertiary/aromatic N) is 4. The molecule has 0 bridgehead atoms. The van der Waals surface area contributed by atoms with Gasteiger partial charge in [-0.25, -0.2) is 14.8 Å². The number of carbonyl (C=O) groups is 2. The zero-order valence-corrected chi connectivity index (χ0v) is 21.8. The van der Waals surface area contributed by atoms with Crippen molar-refractivity contribution in [3.8, 4) is 6.07 Å². The molecule has 1 aliphatic heterocycles. The van der Waals surface area contributed by atoms with E-state index in [4.69, 9.17) is 10.00 Å². The van der Waals surface area contributed by atoms with E-state index in [1.165, 1.54) is 6.33 Å². The first-order chi connectivity index (χ1) is 18.1. The Kier molecular flexibility index (Phi) is 7.83. The molecule has 0 spiro atoms. The number of aromatic nitrogens is 3. The van der Waals surface area contributed by atoms with Crippen molar-refractivity contribution < 1.29 is 19.4 Å². The molecule has 1 unspecified atom stereocenters. The number of piperidine rings is 1. The number of aliphatic hydroxyl groups is 1. The monoisotopic (exact) mass is 519 g/mol. The lowest BCUT2D eigenvalue weighted by molar-refractivity contribution is -0.129. The number of amides is 2. The molecule has 3 heterocycles. The molecule has 2 amide bonds. The number of carbonyl (C=O) groups excluding carboxylic acids is 2. The molecular weight excluding hydrogens is 486 g/mol. The molecule has 1 fully saturated rings. The Hall–Kier alpha value is -4.17. The van der Waals surface area contributed by atoms with Crippen LogP contribution < -0.4 is 15.5 Å².